The molecule has 2 aliphatic heterocycles. The van der Waals surface area contributed by atoms with Crippen molar-refractivity contribution in [1.29, 1.82) is 0 Å². The molecule has 1 spiro atoms. The summed E-state index contributed by atoms with van der Waals surface area (Å²) in [5.74, 6) is 3.41. The zero-order valence-corrected chi connectivity index (χ0v) is 12.9. The number of rotatable bonds is 3. The number of aliphatic hydroxyl groups is 1. The van der Waals surface area contributed by atoms with Gasteiger partial charge in [-0.1, -0.05) is 13.8 Å². The van der Waals surface area contributed by atoms with Gasteiger partial charge in [-0.25, -0.2) is 0 Å². The summed E-state index contributed by atoms with van der Waals surface area (Å²) in [7, 11) is 0. The number of hydrogen-bond acceptors (Lipinski definition) is 3. The van der Waals surface area contributed by atoms with E-state index in [2.05, 4.69) is 13.8 Å². The van der Waals surface area contributed by atoms with Crippen LogP contribution in [0.4, 0.5) is 0 Å². The van der Waals surface area contributed by atoms with Gasteiger partial charge in [0.2, 0.25) is 0 Å². The molecular formula is C15H28O2S. The molecule has 2 atom stereocenters. The van der Waals surface area contributed by atoms with E-state index in [0.29, 0.717) is 11.8 Å². The van der Waals surface area contributed by atoms with Gasteiger partial charge in [-0.2, -0.15) is 11.8 Å². The predicted molar refractivity (Wildman–Crippen MR) is 78.0 cm³/mol. The average molecular weight is 272 g/mol. The molecule has 106 valence electrons. The van der Waals surface area contributed by atoms with Crippen LogP contribution in [0.25, 0.3) is 0 Å². The Morgan fingerprint density at radius 1 is 1.39 bits per heavy atom. The minimum Gasteiger partial charge on any atom is -0.390 e. The first-order valence-electron chi connectivity index (χ1n) is 7.38. The third-order valence-corrected chi connectivity index (χ3v) is 5.58. The van der Waals surface area contributed by atoms with Crippen LogP contribution in [0.15, 0.2) is 0 Å². The second kappa shape index (κ2) is 5.72. The number of ether oxygens (including phenoxy) is 1. The molecule has 0 saturated carbocycles. The van der Waals surface area contributed by atoms with E-state index in [1.165, 1.54) is 24.3 Å². The lowest BCUT2D eigenvalue weighted by Gasteiger charge is -2.47. The molecule has 0 aliphatic carbocycles. The molecule has 2 rings (SSSR count). The van der Waals surface area contributed by atoms with Crippen molar-refractivity contribution in [3.8, 4) is 0 Å². The van der Waals surface area contributed by atoms with Crippen LogP contribution in [0.2, 0.25) is 0 Å². The van der Waals surface area contributed by atoms with Gasteiger partial charge in [0.05, 0.1) is 11.2 Å². The molecule has 2 aliphatic rings. The molecule has 0 aromatic carbocycles. The Hall–Kier alpha value is 0.270. The lowest BCUT2D eigenvalue weighted by atomic mass is 9.72. The van der Waals surface area contributed by atoms with E-state index >= 15 is 0 Å². The van der Waals surface area contributed by atoms with Crippen molar-refractivity contribution < 1.29 is 9.84 Å². The molecule has 0 amide bonds. The quantitative estimate of drug-likeness (QED) is 0.853. The molecule has 2 unspecified atom stereocenters. The molecule has 0 aromatic rings. The van der Waals surface area contributed by atoms with Crippen molar-refractivity contribution in [2.24, 2.45) is 11.8 Å². The number of hydrogen-bond donors (Lipinski definition) is 1. The highest BCUT2D eigenvalue weighted by Crippen LogP contribution is 2.44. The van der Waals surface area contributed by atoms with Crippen LogP contribution < -0.4 is 0 Å². The van der Waals surface area contributed by atoms with E-state index in [0.717, 1.165) is 25.9 Å². The van der Waals surface area contributed by atoms with Gasteiger partial charge in [0.25, 0.3) is 0 Å². The highest BCUT2D eigenvalue weighted by molar-refractivity contribution is 7.99. The summed E-state index contributed by atoms with van der Waals surface area (Å²) >= 11 is 2.04. The summed E-state index contributed by atoms with van der Waals surface area (Å²) in [6.07, 6.45) is 5.34. The normalized spacial score (nSPS) is 31.5. The highest BCUT2D eigenvalue weighted by Gasteiger charge is 2.44. The fourth-order valence-electron chi connectivity index (χ4n) is 3.64. The second-order valence-corrected chi connectivity index (χ2v) is 8.01. The van der Waals surface area contributed by atoms with Crippen molar-refractivity contribution in [3.05, 3.63) is 0 Å². The monoisotopic (exact) mass is 272 g/mol. The molecule has 0 bridgehead atoms. The maximum Gasteiger partial charge on any atom is 0.0702 e. The van der Waals surface area contributed by atoms with Crippen LogP contribution in [0, 0.1) is 11.8 Å². The van der Waals surface area contributed by atoms with E-state index in [1.807, 2.05) is 18.7 Å². The van der Waals surface area contributed by atoms with Gasteiger partial charge in [-0.3, -0.25) is 0 Å². The van der Waals surface area contributed by atoms with E-state index in [9.17, 15) is 5.11 Å². The Morgan fingerprint density at radius 2 is 2.06 bits per heavy atom. The molecular weight excluding hydrogens is 244 g/mol. The topological polar surface area (TPSA) is 29.5 Å². The van der Waals surface area contributed by atoms with Crippen LogP contribution in [-0.2, 0) is 4.74 Å². The van der Waals surface area contributed by atoms with Crippen molar-refractivity contribution in [3.63, 3.8) is 0 Å². The first-order valence-corrected chi connectivity index (χ1v) is 8.53. The summed E-state index contributed by atoms with van der Waals surface area (Å²) in [6.45, 7) is 7.26. The standard InChI is InChI=1S/C15H28O2S/c1-12(2)10-14(3,16)13-4-7-17-15(11-13)5-8-18-9-6-15/h12-13,16H,4-11H2,1-3H3. The Kier molecular flexibility index (Phi) is 4.66. The SMILES string of the molecule is CC(C)CC(C)(O)C1CCOC2(CCSCC2)C1. The first-order chi connectivity index (χ1) is 8.44. The zero-order chi connectivity index (χ0) is 13.2. The molecule has 18 heavy (non-hydrogen) atoms. The third-order valence-electron chi connectivity index (χ3n) is 4.60. The van der Waals surface area contributed by atoms with Gasteiger partial charge in [-0.15, -0.1) is 0 Å². The predicted octanol–water partition coefficient (Wildman–Crippen LogP) is 3.48. The van der Waals surface area contributed by atoms with Crippen molar-refractivity contribution in [1.82, 2.24) is 0 Å². The van der Waals surface area contributed by atoms with Gasteiger partial charge in [-0.05, 0) is 62.4 Å². The lowest BCUT2D eigenvalue weighted by Crippen LogP contribution is -2.49. The molecule has 2 heterocycles. The van der Waals surface area contributed by atoms with E-state index in [-0.39, 0.29) is 5.60 Å². The largest absolute Gasteiger partial charge is 0.390 e. The van der Waals surface area contributed by atoms with Crippen LogP contribution in [0.5, 0.6) is 0 Å². The molecule has 1 N–H and O–H groups in total. The number of thioether (sulfide) groups is 1. The van der Waals surface area contributed by atoms with Gasteiger partial charge < -0.3 is 9.84 Å². The Labute approximate surface area is 116 Å². The maximum atomic E-state index is 10.8. The first kappa shape index (κ1) is 14.7. The summed E-state index contributed by atoms with van der Waals surface area (Å²) in [5.41, 5.74) is -0.426. The van der Waals surface area contributed by atoms with Crippen LogP contribution in [-0.4, -0.2) is 34.4 Å². The van der Waals surface area contributed by atoms with Crippen molar-refractivity contribution >= 4 is 11.8 Å². The summed E-state index contributed by atoms with van der Waals surface area (Å²) in [6, 6.07) is 0. The average Bonchev–Trinajstić information content (AvgIpc) is 2.28. The van der Waals surface area contributed by atoms with Crippen LogP contribution >= 0.6 is 11.8 Å². The maximum absolute atomic E-state index is 10.8. The van der Waals surface area contributed by atoms with Crippen molar-refractivity contribution in [2.75, 3.05) is 18.1 Å². The molecule has 2 fully saturated rings. The Bertz CT molecular complexity index is 264. The molecule has 2 saturated heterocycles. The van der Waals surface area contributed by atoms with Gasteiger partial charge in [0.15, 0.2) is 0 Å². The Morgan fingerprint density at radius 3 is 2.67 bits per heavy atom. The van der Waals surface area contributed by atoms with E-state index < -0.39 is 5.60 Å². The minimum atomic E-state index is -0.518. The molecule has 2 nitrogen and oxygen atoms in total. The fourth-order valence-corrected chi connectivity index (χ4v) is 4.88. The zero-order valence-electron chi connectivity index (χ0n) is 12.1. The van der Waals surface area contributed by atoms with E-state index in [1.54, 1.807) is 0 Å². The molecule has 0 radical (unpaired) electrons. The third kappa shape index (κ3) is 3.43. The fraction of sp³-hybridized carbons (Fsp3) is 1.00. The minimum absolute atomic E-state index is 0.0924. The highest BCUT2D eigenvalue weighted by atomic mass is 32.2. The van der Waals surface area contributed by atoms with Gasteiger partial charge >= 0.3 is 0 Å². The van der Waals surface area contributed by atoms with Crippen LogP contribution in [0.3, 0.4) is 0 Å². The Balaban J connectivity index is 2.01. The van der Waals surface area contributed by atoms with Crippen molar-refractivity contribution in [2.45, 2.75) is 64.1 Å². The van der Waals surface area contributed by atoms with Crippen LogP contribution in [0.1, 0.15) is 52.9 Å². The van der Waals surface area contributed by atoms with Gasteiger partial charge in [0.1, 0.15) is 0 Å². The smallest absolute Gasteiger partial charge is 0.0702 e. The van der Waals surface area contributed by atoms with E-state index in [4.69, 9.17) is 4.74 Å². The lowest BCUT2D eigenvalue weighted by molar-refractivity contribution is -0.145. The van der Waals surface area contributed by atoms with Gasteiger partial charge in [0, 0.05) is 6.61 Å². The second-order valence-electron chi connectivity index (χ2n) is 6.79. The molecule has 0 aromatic heterocycles. The summed E-state index contributed by atoms with van der Waals surface area (Å²) in [4.78, 5) is 0. The molecule has 3 heteroatoms. The summed E-state index contributed by atoms with van der Waals surface area (Å²) in [5, 5.41) is 10.8. The summed E-state index contributed by atoms with van der Waals surface area (Å²) < 4.78 is 6.11.